The van der Waals surface area contributed by atoms with E-state index in [2.05, 4.69) is 47.5 Å². The van der Waals surface area contributed by atoms with Crippen LogP contribution in [0.15, 0.2) is 30.3 Å². The van der Waals surface area contributed by atoms with E-state index in [1.807, 2.05) is 0 Å². The number of hydrogen-bond donors (Lipinski definition) is 1. The van der Waals surface area contributed by atoms with Gasteiger partial charge in [0.05, 0.1) is 0 Å². The van der Waals surface area contributed by atoms with Gasteiger partial charge in [-0.3, -0.25) is 4.90 Å². The van der Waals surface area contributed by atoms with Gasteiger partial charge in [0.1, 0.15) is 0 Å². The van der Waals surface area contributed by atoms with Crippen LogP contribution in [0.3, 0.4) is 0 Å². The number of hydrogen-bond acceptors (Lipinski definition) is 2. The minimum Gasteiger partial charge on any atom is -0.313 e. The highest BCUT2D eigenvalue weighted by molar-refractivity contribution is 5.20. The molecule has 0 radical (unpaired) electrons. The predicted molar refractivity (Wildman–Crippen MR) is 84.8 cm³/mol. The van der Waals surface area contributed by atoms with Gasteiger partial charge >= 0.3 is 0 Å². The van der Waals surface area contributed by atoms with Gasteiger partial charge in [-0.15, -0.1) is 0 Å². The molecule has 1 aliphatic heterocycles. The van der Waals surface area contributed by atoms with Crippen molar-refractivity contribution in [1.29, 1.82) is 0 Å². The van der Waals surface area contributed by atoms with Crippen molar-refractivity contribution in [3.05, 3.63) is 35.9 Å². The lowest BCUT2D eigenvalue weighted by Crippen LogP contribution is -2.41. The van der Waals surface area contributed by atoms with Crippen molar-refractivity contribution in [3.8, 4) is 0 Å². The average Bonchev–Trinajstić information content (AvgIpc) is 3.21. The average molecular weight is 272 g/mol. The number of nitrogens with zero attached hydrogens (tertiary/aromatic N) is 1. The summed E-state index contributed by atoms with van der Waals surface area (Å²) in [5, 5.41) is 3.68. The Labute approximate surface area is 123 Å². The Balaban J connectivity index is 1.75. The van der Waals surface area contributed by atoms with Crippen LogP contribution in [-0.4, -0.2) is 30.1 Å². The Kier molecular flexibility index (Phi) is 4.74. The van der Waals surface area contributed by atoms with E-state index in [0.717, 1.165) is 12.1 Å². The van der Waals surface area contributed by atoms with Crippen LogP contribution in [0.1, 0.15) is 57.1 Å². The van der Waals surface area contributed by atoms with Crippen molar-refractivity contribution >= 4 is 0 Å². The molecule has 1 saturated heterocycles. The smallest absolute Gasteiger partial charge is 0.0351 e. The maximum atomic E-state index is 3.68. The molecule has 0 bridgehead atoms. The zero-order valence-corrected chi connectivity index (χ0v) is 12.7. The maximum Gasteiger partial charge on any atom is 0.0351 e. The molecule has 20 heavy (non-hydrogen) atoms. The molecule has 110 valence electrons. The number of rotatable bonds is 7. The lowest BCUT2D eigenvalue weighted by atomic mass is 9.99. The van der Waals surface area contributed by atoms with E-state index >= 15 is 0 Å². The Morgan fingerprint density at radius 2 is 2.00 bits per heavy atom. The molecule has 2 nitrogen and oxygen atoms in total. The summed E-state index contributed by atoms with van der Waals surface area (Å²) in [6.07, 6.45) is 8.07. The van der Waals surface area contributed by atoms with E-state index < -0.39 is 0 Å². The van der Waals surface area contributed by atoms with E-state index in [9.17, 15) is 0 Å². The first-order valence-electron chi connectivity index (χ1n) is 8.42. The molecule has 1 aromatic rings. The molecule has 2 unspecified atom stereocenters. The third-order valence-electron chi connectivity index (χ3n) is 4.76. The van der Waals surface area contributed by atoms with Crippen LogP contribution in [0.4, 0.5) is 0 Å². The molecule has 2 atom stereocenters. The highest BCUT2D eigenvalue weighted by Gasteiger charge is 2.35. The van der Waals surface area contributed by atoms with Crippen molar-refractivity contribution < 1.29 is 0 Å². The summed E-state index contributed by atoms with van der Waals surface area (Å²) in [4.78, 5) is 2.81. The summed E-state index contributed by atoms with van der Waals surface area (Å²) in [6.45, 7) is 4.77. The van der Waals surface area contributed by atoms with Crippen LogP contribution in [0.5, 0.6) is 0 Å². The first kappa shape index (κ1) is 14.1. The van der Waals surface area contributed by atoms with Crippen LogP contribution >= 0.6 is 0 Å². The molecule has 2 heteroatoms. The van der Waals surface area contributed by atoms with E-state index in [1.165, 1.54) is 57.2 Å². The normalized spacial score (nSPS) is 24.2. The zero-order valence-electron chi connectivity index (χ0n) is 12.7. The fourth-order valence-electron chi connectivity index (χ4n) is 3.58. The predicted octanol–water partition coefficient (Wildman–Crippen LogP) is 3.74. The summed E-state index contributed by atoms with van der Waals surface area (Å²) in [5.74, 6) is 0. The van der Waals surface area contributed by atoms with Gasteiger partial charge in [0.15, 0.2) is 0 Å². The Morgan fingerprint density at radius 3 is 2.60 bits per heavy atom. The number of benzene rings is 1. The van der Waals surface area contributed by atoms with Crippen molar-refractivity contribution in [2.24, 2.45) is 0 Å². The van der Waals surface area contributed by atoms with Crippen LogP contribution in [-0.2, 0) is 0 Å². The molecule has 1 aliphatic carbocycles. The van der Waals surface area contributed by atoms with Gasteiger partial charge in [0.25, 0.3) is 0 Å². The molecule has 1 aromatic carbocycles. The van der Waals surface area contributed by atoms with Gasteiger partial charge in [0.2, 0.25) is 0 Å². The summed E-state index contributed by atoms with van der Waals surface area (Å²) in [5.41, 5.74) is 1.51. The first-order chi connectivity index (χ1) is 9.88. The Hall–Kier alpha value is -0.860. The van der Waals surface area contributed by atoms with Crippen molar-refractivity contribution in [3.63, 3.8) is 0 Å². The van der Waals surface area contributed by atoms with E-state index in [1.54, 1.807) is 0 Å². The second kappa shape index (κ2) is 6.73. The van der Waals surface area contributed by atoms with Crippen LogP contribution in [0, 0.1) is 0 Å². The topological polar surface area (TPSA) is 15.3 Å². The van der Waals surface area contributed by atoms with Gasteiger partial charge in [0, 0.05) is 24.7 Å². The van der Waals surface area contributed by atoms with Crippen molar-refractivity contribution in [2.45, 2.75) is 63.6 Å². The van der Waals surface area contributed by atoms with Gasteiger partial charge in [-0.25, -0.2) is 0 Å². The molecule has 0 amide bonds. The monoisotopic (exact) mass is 272 g/mol. The SMILES string of the molecule is CCCC(c1ccccc1)N(CC1CCCN1)C1CC1. The molecule has 0 spiro atoms. The minimum absolute atomic E-state index is 0.621. The van der Waals surface area contributed by atoms with E-state index in [-0.39, 0.29) is 0 Å². The number of nitrogens with one attached hydrogen (secondary N) is 1. The third-order valence-corrected chi connectivity index (χ3v) is 4.76. The van der Waals surface area contributed by atoms with Gasteiger partial charge in [-0.2, -0.15) is 0 Å². The largest absolute Gasteiger partial charge is 0.313 e. The van der Waals surface area contributed by atoms with Gasteiger partial charge in [-0.05, 0) is 44.2 Å². The lowest BCUT2D eigenvalue weighted by molar-refractivity contribution is 0.161. The molecular weight excluding hydrogens is 244 g/mol. The molecule has 1 heterocycles. The minimum atomic E-state index is 0.621. The third kappa shape index (κ3) is 3.42. The molecule has 3 rings (SSSR count). The molecule has 2 fully saturated rings. The zero-order chi connectivity index (χ0) is 13.8. The standard InChI is InChI=1S/C18H28N2/c1-2-7-18(15-8-4-3-5-9-15)20(17-11-12-17)14-16-10-6-13-19-16/h3-5,8-9,16-19H,2,6-7,10-14H2,1H3. The molecule has 1 saturated carbocycles. The van der Waals surface area contributed by atoms with Crippen LogP contribution in [0.25, 0.3) is 0 Å². The lowest BCUT2D eigenvalue weighted by Gasteiger charge is -2.34. The second-order valence-corrected chi connectivity index (χ2v) is 6.44. The fourth-order valence-corrected chi connectivity index (χ4v) is 3.58. The van der Waals surface area contributed by atoms with E-state index in [4.69, 9.17) is 0 Å². The van der Waals surface area contributed by atoms with E-state index in [0.29, 0.717) is 6.04 Å². The highest BCUT2D eigenvalue weighted by Crippen LogP contribution is 2.37. The summed E-state index contributed by atoms with van der Waals surface area (Å²) >= 11 is 0. The molecule has 1 N–H and O–H groups in total. The fraction of sp³-hybridized carbons (Fsp3) is 0.667. The van der Waals surface area contributed by atoms with Crippen molar-refractivity contribution in [2.75, 3.05) is 13.1 Å². The van der Waals surface area contributed by atoms with Crippen molar-refractivity contribution in [1.82, 2.24) is 10.2 Å². The molecule has 2 aliphatic rings. The highest BCUT2D eigenvalue weighted by atomic mass is 15.2. The molecule has 0 aromatic heterocycles. The maximum absolute atomic E-state index is 3.68. The Bertz CT molecular complexity index is 393. The summed E-state index contributed by atoms with van der Waals surface area (Å²) < 4.78 is 0. The van der Waals surface area contributed by atoms with Crippen LogP contribution in [0.2, 0.25) is 0 Å². The van der Waals surface area contributed by atoms with Gasteiger partial charge < -0.3 is 5.32 Å². The first-order valence-corrected chi connectivity index (χ1v) is 8.42. The summed E-state index contributed by atoms with van der Waals surface area (Å²) in [6, 6.07) is 13.3. The quantitative estimate of drug-likeness (QED) is 0.813. The second-order valence-electron chi connectivity index (χ2n) is 6.44. The van der Waals surface area contributed by atoms with Gasteiger partial charge in [-0.1, -0.05) is 43.7 Å². The molecular formula is C18H28N2. The van der Waals surface area contributed by atoms with Crippen LogP contribution < -0.4 is 5.32 Å². The Morgan fingerprint density at radius 1 is 1.20 bits per heavy atom. The summed E-state index contributed by atoms with van der Waals surface area (Å²) in [7, 11) is 0.